The van der Waals surface area contributed by atoms with Crippen LogP contribution in [0.1, 0.15) is 29.3 Å². The first kappa shape index (κ1) is 11.6. The summed E-state index contributed by atoms with van der Waals surface area (Å²) in [7, 11) is 0. The van der Waals surface area contributed by atoms with Gasteiger partial charge in [0.05, 0.1) is 12.7 Å². The molecule has 3 rings (SSSR count). The lowest BCUT2D eigenvalue weighted by Crippen LogP contribution is -2.29. The highest BCUT2D eigenvalue weighted by Crippen LogP contribution is 2.40. The van der Waals surface area contributed by atoms with E-state index in [1.807, 2.05) is 18.2 Å². The molecule has 0 aliphatic heterocycles. The number of ether oxygens (including phenoxy) is 1. The lowest BCUT2D eigenvalue weighted by molar-refractivity contribution is -0.0208. The van der Waals surface area contributed by atoms with Crippen LogP contribution in [-0.2, 0) is 11.3 Å². The molecule has 94 valence electrons. The third kappa shape index (κ3) is 2.52. The molecule has 1 fully saturated rings. The molecular weight excluding hydrogens is 246 g/mol. The van der Waals surface area contributed by atoms with Gasteiger partial charge in [-0.1, -0.05) is 41.7 Å². The minimum atomic E-state index is 0.348. The Morgan fingerprint density at radius 1 is 1.22 bits per heavy atom. The van der Waals surface area contributed by atoms with Gasteiger partial charge in [0.25, 0.3) is 0 Å². The summed E-state index contributed by atoms with van der Waals surface area (Å²) in [5.74, 6) is 0.487. The zero-order valence-electron chi connectivity index (χ0n) is 9.95. The molecule has 0 atom stereocenters. The van der Waals surface area contributed by atoms with Crippen molar-refractivity contribution in [2.24, 2.45) is 0 Å². The molecule has 18 heavy (non-hydrogen) atoms. The van der Waals surface area contributed by atoms with Crippen LogP contribution in [0.4, 0.5) is 5.13 Å². The van der Waals surface area contributed by atoms with Gasteiger partial charge in [0.2, 0.25) is 5.13 Å². The number of nitrogens with two attached hydrogens (primary N) is 1. The van der Waals surface area contributed by atoms with Crippen LogP contribution in [0.25, 0.3) is 0 Å². The summed E-state index contributed by atoms with van der Waals surface area (Å²) >= 11 is 1.49. The maximum atomic E-state index is 5.85. The second-order valence-electron chi connectivity index (χ2n) is 4.57. The second-order valence-corrected chi connectivity index (χ2v) is 5.61. The highest BCUT2D eigenvalue weighted by Gasteiger charge is 2.33. The van der Waals surface area contributed by atoms with Gasteiger partial charge in [0.15, 0.2) is 0 Å². The van der Waals surface area contributed by atoms with Crippen molar-refractivity contribution in [1.82, 2.24) is 10.2 Å². The van der Waals surface area contributed by atoms with Gasteiger partial charge < -0.3 is 10.5 Å². The number of benzene rings is 1. The molecule has 1 aliphatic rings. The Morgan fingerprint density at radius 2 is 2.00 bits per heavy atom. The third-order valence-corrected chi connectivity index (χ3v) is 4.14. The highest BCUT2D eigenvalue weighted by atomic mass is 32.1. The number of rotatable bonds is 4. The summed E-state index contributed by atoms with van der Waals surface area (Å²) in [4.78, 5) is 0. The van der Waals surface area contributed by atoms with Crippen molar-refractivity contribution >= 4 is 16.5 Å². The first-order valence-electron chi connectivity index (χ1n) is 6.05. The lowest BCUT2D eigenvalue weighted by Gasteiger charge is -2.33. The van der Waals surface area contributed by atoms with E-state index in [9.17, 15) is 0 Å². The number of hydrogen-bond donors (Lipinski definition) is 1. The Morgan fingerprint density at radius 3 is 2.67 bits per heavy atom. The van der Waals surface area contributed by atoms with Crippen LogP contribution in [-0.4, -0.2) is 16.3 Å². The Hall–Kier alpha value is -1.46. The maximum absolute atomic E-state index is 5.85. The summed E-state index contributed by atoms with van der Waals surface area (Å²) in [6.07, 6.45) is 2.41. The minimum absolute atomic E-state index is 0.348. The van der Waals surface area contributed by atoms with Crippen molar-refractivity contribution in [2.75, 3.05) is 5.73 Å². The van der Waals surface area contributed by atoms with Crippen LogP contribution in [0.5, 0.6) is 0 Å². The summed E-state index contributed by atoms with van der Waals surface area (Å²) in [5, 5.41) is 9.52. The van der Waals surface area contributed by atoms with Crippen molar-refractivity contribution in [3.05, 3.63) is 40.9 Å². The van der Waals surface area contributed by atoms with Gasteiger partial charge in [-0.05, 0) is 18.4 Å². The van der Waals surface area contributed by atoms with Crippen molar-refractivity contribution in [3.8, 4) is 0 Å². The fraction of sp³-hybridized carbons (Fsp3) is 0.385. The zero-order valence-corrected chi connectivity index (χ0v) is 10.8. The maximum Gasteiger partial charge on any atom is 0.203 e. The largest absolute Gasteiger partial charge is 0.374 e. The van der Waals surface area contributed by atoms with Gasteiger partial charge >= 0.3 is 0 Å². The number of nitrogen functional groups attached to an aromatic ring is 1. The van der Waals surface area contributed by atoms with Crippen LogP contribution < -0.4 is 5.73 Å². The van der Waals surface area contributed by atoms with Crippen molar-refractivity contribution < 1.29 is 4.74 Å². The van der Waals surface area contributed by atoms with E-state index in [4.69, 9.17) is 10.5 Å². The van der Waals surface area contributed by atoms with Crippen LogP contribution in [0.15, 0.2) is 30.3 Å². The molecule has 2 N–H and O–H groups in total. The molecule has 4 nitrogen and oxygen atoms in total. The third-order valence-electron chi connectivity index (χ3n) is 3.23. The molecule has 1 saturated carbocycles. The molecule has 0 amide bonds. The Labute approximate surface area is 110 Å². The minimum Gasteiger partial charge on any atom is -0.374 e. The molecule has 0 unspecified atom stereocenters. The van der Waals surface area contributed by atoms with Crippen molar-refractivity contribution in [3.63, 3.8) is 0 Å². The smallest absolute Gasteiger partial charge is 0.203 e. The summed E-state index contributed by atoms with van der Waals surface area (Å²) in [6.45, 7) is 0.691. The molecule has 0 saturated heterocycles. The molecule has 1 heterocycles. The summed E-state index contributed by atoms with van der Waals surface area (Å²) in [6, 6.07) is 10.3. The van der Waals surface area contributed by atoms with E-state index in [1.165, 1.54) is 16.9 Å². The fourth-order valence-electron chi connectivity index (χ4n) is 2.10. The van der Waals surface area contributed by atoms with Crippen LogP contribution in [0.3, 0.4) is 0 Å². The van der Waals surface area contributed by atoms with Gasteiger partial charge in [-0.15, -0.1) is 10.2 Å². The summed E-state index contributed by atoms with van der Waals surface area (Å²) in [5.41, 5.74) is 6.80. The van der Waals surface area contributed by atoms with E-state index in [1.54, 1.807) is 0 Å². The Balaban J connectivity index is 1.46. The molecule has 0 radical (unpaired) electrons. The number of aromatic nitrogens is 2. The molecule has 1 aromatic carbocycles. The number of nitrogens with zero attached hydrogens (tertiary/aromatic N) is 2. The predicted octanol–water partition coefficient (Wildman–Crippen LogP) is 2.58. The zero-order chi connectivity index (χ0) is 12.4. The normalized spacial score (nSPS) is 22.7. The topological polar surface area (TPSA) is 61.0 Å². The molecular formula is C13H15N3OS. The molecule has 0 spiro atoms. The molecule has 0 bridgehead atoms. The van der Waals surface area contributed by atoms with E-state index in [0.717, 1.165) is 17.8 Å². The molecule has 1 aliphatic carbocycles. The van der Waals surface area contributed by atoms with Crippen LogP contribution >= 0.6 is 11.3 Å². The Bertz CT molecular complexity index is 508. The van der Waals surface area contributed by atoms with E-state index in [2.05, 4.69) is 22.3 Å². The average molecular weight is 261 g/mol. The SMILES string of the molecule is Nc1nnc(C2CC(OCc3ccccc3)C2)s1. The first-order valence-corrected chi connectivity index (χ1v) is 6.87. The quantitative estimate of drug-likeness (QED) is 0.919. The van der Waals surface area contributed by atoms with Crippen LogP contribution in [0, 0.1) is 0 Å². The van der Waals surface area contributed by atoms with Crippen molar-refractivity contribution in [2.45, 2.75) is 31.5 Å². The number of hydrogen-bond acceptors (Lipinski definition) is 5. The fourth-order valence-corrected chi connectivity index (χ4v) is 2.84. The monoisotopic (exact) mass is 261 g/mol. The molecule has 2 aromatic rings. The van der Waals surface area contributed by atoms with E-state index in [0.29, 0.717) is 23.8 Å². The Kier molecular flexibility index (Phi) is 3.25. The van der Waals surface area contributed by atoms with E-state index < -0.39 is 0 Å². The van der Waals surface area contributed by atoms with Crippen LogP contribution in [0.2, 0.25) is 0 Å². The predicted molar refractivity (Wildman–Crippen MR) is 71.3 cm³/mol. The average Bonchev–Trinajstić information content (AvgIpc) is 2.75. The van der Waals surface area contributed by atoms with Gasteiger partial charge in [0, 0.05) is 5.92 Å². The second kappa shape index (κ2) is 5.04. The lowest BCUT2D eigenvalue weighted by atomic mass is 9.83. The van der Waals surface area contributed by atoms with Gasteiger partial charge in [-0.3, -0.25) is 0 Å². The molecule has 1 aromatic heterocycles. The highest BCUT2D eigenvalue weighted by molar-refractivity contribution is 7.15. The summed E-state index contributed by atoms with van der Waals surface area (Å²) < 4.78 is 5.85. The van der Waals surface area contributed by atoms with Crippen molar-refractivity contribution in [1.29, 1.82) is 0 Å². The van der Waals surface area contributed by atoms with E-state index in [-0.39, 0.29) is 0 Å². The molecule has 5 heteroatoms. The van der Waals surface area contributed by atoms with Gasteiger partial charge in [-0.2, -0.15) is 0 Å². The van der Waals surface area contributed by atoms with Gasteiger partial charge in [-0.25, -0.2) is 0 Å². The van der Waals surface area contributed by atoms with E-state index >= 15 is 0 Å². The van der Waals surface area contributed by atoms with Gasteiger partial charge in [0.1, 0.15) is 5.01 Å². The standard InChI is InChI=1S/C13H15N3OS/c14-13-16-15-12(18-13)10-6-11(7-10)17-8-9-4-2-1-3-5-9/h1-5,10-11H,6-8H2,(H2,14,16). The first-order chi connectivity index (χ1) is 8.81. The number of anilines is 1.